The number of fused-ring (bicyclic) bond motifs is 1. The molecule has 1 aromatic carbocycles. The van der Waals surface area contributed by atoms with Gasteiger partial charge in [-0.25, -0.2) is 0 Å². The summed E-state index contributed by atoms with van der Waals surface area (Å²) in [6.45, 7) is 2.41. The van der Waals surface area contributed by atoms with Crippen LogP contribution in [0.1, 0.15) is 0 Å². The summed E-state index contributed by atoms with van der Waals surface area (Å²) in [6, 6.07) is 9.20. The maximum absolute atomic E-state index is 11.9. The van der Waals surface area contributed by atoms with E-state index >= 15 is 0 Å². The summed E-state index contributed by atoms with van der Waals surface area (Å²) in [5.74, 6) is 0.774. The minimum absolute atomic E-state index is 0.0339. The first-order valence-electron chi connectivity index (χ1n) is 6.73. The second-order valence-corrected chi connectivity index (χ2v) is 4.98. The lowest BCUT2D eigenvalue weighted by Crippen LogP contribution is -2.23. The molecule has 0 radical (unpaired) electrons. The largest absolute Gasteiger partial charge is 0.492 e. The molecule has 1 aromatic heterocycles. The zero-order valence-electron chi connectivity index (χ0n) is 12.0. The molecule has 0 saturated heterocycles. The Balaban J connectivity index is 2.31. The average molecular weight is 275 g/mol. The van der Waals surface area contributed by atoms with Gasteiger partial charge in [0.25, 0.3) is 5.56 Å². The van der Waals surface area contributed by atoms with Crippen molar-refractivity contribution in [2.75, 3.05) is 33.8 Å². The van der Waals surface area contributed by atoms with Gasteiger partial charge in [0.2, 0.25) is 0 Å². The molecule has 0 amide bonds. The van der Waals surface area contributed by atoms with E-state index in [9.17, 15) is 4.79 Å². The minimum atomic E-state index is -0.0339. The molecular weight excluding hydrogens is 254 g/mol. The van der Waals surface area contributed by atoms with Crippen LogP contribution in [0.3, 0.4) is 0 Å². The van der Waals surface area contributed by atoms with E-state index in [2.05, 4.69) is 4.90 Å². The number of likely N-dealkylation sites (N-methyl/N-ethyl adjacent to an activating group) is 1. The third kappa shape index (κ3) is 3.37. The lowest BCUT2D eigenvalue weighted by Gasteiger charge is -2.13. The van der Waals surface area contributed by atoms with E-state index < -0.39 is 0 Å². The maximum Gasteiger partial charge on any atom is 0.251 e. The fourth-order valence-electron chi connectivity index (χ4n) is 2.06. The predicted octanol–water partition coefficient (Wildman–Crippen LogP) is 0.901. The van der Waals surface area contributed by atoms with Gasteiger partial charge in [-0.15, -0.1) is 0 Å². The van der Waals surface area contributed by atoms with Gasteiger partial charge in [-0.2, -0.15) is 0 Å². The molecule has 5 heteroatoms. The summed E-state index contributed by atoms with van der Waals surface area (Å²) >= 11 is 0. The SMILES string of the molecule is CN(C)CCOc1ccc2ccc(=O)n(CCN)c2c1. The van der Waals surface area contributed by atoms with Crippen LogP contribution >= 0.6 is 0 Å². The van der Waals surface area contributed by atoms with Gasteiger partial charge in [0.1, 0.15) is 12.4 Å². The summed E-state index contributed by atoms with van der Waals surface area (Å²) in [5, 5.41) is 1.01. The Morgan fingerprint density at radius 3 is 2.70 bits per heavy atom. The highest BCUT2D eigenvalue weighted by Gasteiger charge is 2.04. The highest BCUT2D eigenvalue weighted by molar-refractivity contribution is 5.80. The highest BCUT2D eigenvalue weighted by Crippen LogP contribution is 2.19. The molecule has 2 rings (SSSR count). The Morgan fingerprint density at radius 1 is 1.25 bits per heavy atom. The molecule has 0 aliphatic rings. The van der Waals surface area contributed by atoms with Crippen LogP contribution < -0.4 is 16.0 Å². The molecule has 0 aliphatic heterocycles. The Morgan fingerprint density at radius 2 is 2.00 bits per heavy atom. The normalized spacial score (nSPS) is 11.2. The van der Waals surface area contributed by atoms with Gasteiger partial charge in [-0.1, -0.05) is 0 Å². The van der Waals surface area contributed by atoms with Crippen molar-refractivity contribution in [1.82, 2.24) is 9.47 Å². The van der Waals surface area contributed by atoms with Crippen LogP contribution in [0, 0.1) is 0 Å². The Kier molecular flexibility index (Phi) is 4.76. The Bertz CT molecular complexity index is 635. The molecule has 0 aliphatic carbocycles. The molecule has 0 fully saturated rings. The second-order valence-electron chi connectivity index (χ2n) is 4.98. The number of nitrogens with zero attached hydrogens (tertiary/aromatic N) is 2. The molecule has 1 heterocycles. The van der Waals surface area contributed by atoms with Gasteiger partial charge in [-0.3, -0.25) is 4.79 Å². The van der Waals surface area contributed by atoms with E-state index in [0.717, 1.165) is 23.2 Å². The number of aromatic nitrogens is 1. The maximum atomic E-state index is 11.9. The molecule has 5 nitrogen and oxygen atoms in total. The van der Waals surface area contributed by atoms with Crippen molar-refractivity contribution < 1.29 is 4.74 Å². The van der Waals surface area contributed by atoms with Crippen molar-refractivity contribution >= 4 is 10.9 Å². The van der Waals surface area contributed by atoms with Crippen LogP contribution in [0.15, 0.2) is 35.1 Å². The summed E-state index contributed by atoms with van der Waals surface area (Å²) in [5.41, 5.74) is 6.41. The van der Waals surface area contributed by atoms with E-state index in [4.69, 9.17) is 10.5 Å². The molecular formula is C15H21N3O2. The van der Waals surface area contributed by atoms with Gasteiger partial charge in [-0.05, 0) is 37.7 Å². The number of hydrogen-bond donors (Lipinski definition) is 1. The van der Waals surface area contributed by atoms with Gasteiger partial charge in [0.15, 0.2) is 0 Å². The van der Waals surface area contributed by atoms with Crippen molar-refractivity contribution in [2.24, 2.45) is 5.73 Å². The molecule has 0 unspecified atom stereocenters. The molecule has 108 valence electrons. The average Bonchev–Trinajstić information content (AvgIpc) is 2.42. The first-order chi connectivity index (χ1) is 9.61. The van der Waals surface area contributed by atoms with Gasteiger partial charge >= 0.3 is 0 Å². The number of ether oxygens (including phenoxy) is 1. The van der Waals surface area contributed by atoms with Crippen molar-refractivity contribution in [3.63, 3.8) is 0 Å². The van der Waals surface area contributed by atoms with Crippen molar-refractivity contribution in [3.8, 4) is 5.75 Å². The smallest absolute Gasteiger partial charge is 0.251 e. The zero-order chi connectivity index (χ0) is 14.5. The standard InChI is InChI=1S/C15H21N3O2/c1-17(2)9-10-20-13-5-3-12-4-6-15(19)18(8-7-16)14(12)11-13/h3-6,11H,7-10,16H2,1-2H3. The van der Waals surface area contributed by atoms with Crippen molar-refractivity contribution in [1.29, 1.82) is 0 Å². The Hall–Kier alpha value is -1.85. The quantitative estimate of drug-likeness (QED) is 0.851. The summed E-state index contributed by atoms with van der Waals surface area (Å²) in [6.07, 6.45) is 0. The molecule has 2 aromatic rings. The monoisotopic (exact) mass is 275 g/mol. The van der Waals surface area contributed by atoms with E-state index in [1.165, 1.54) is 0 Å². The number of rotatable bonds is 6. The van der Waals surface area contributed by atoms with Crippen LogP contribution in [0.2, 0.25) is 0 Å². The zero-order valence-corrected chi connectivity index (χ0v) is 12.0. The topological polar surface area (TPSA) is 60.5 Å². The lowest BCUT2D eigenvalue weighted by molar-refractivity contribution is 0.261. The highest BCUT2D eigenvalue weighted by atomic mass is 16.5. The summed E-state index contributed by atoms with van der Waals surface area (Å²) in [4.78, 5) is 14.0. The van der Waals surface area contributed by atoms with Gasteiger partial charge in [0.05, 0.1) is 5.52 Å². The third-order valence-corrected chi connectivity index (χ3v) is 3.12. The number of pyridine rings is 1. The second kappa shape index (κ2) is 6.54. The van der Waals surface area contributed by atoms with Gasteiger partial charge in [0, 0.05) is 31.8 Å². The van der Waals surface area contributed by atoms with Crippen LogP contribution in [0.5, 0.6) is 5.75 Å². The van der Waals surface area contributed by atoms with Crippen molar-refractivity contribution in [3.05, 3.63) is 40.7 Å². The Labute approximate surface area is 118 Å². The van der Waals surface area contributed by atoms with Crippen LogP contribution in [0.25, 0.3) is 10.9 Å². The molecule has 2 N–H and O–H groups in total. The predicted molar refractivity (Wildman–Crippen MR) is 81.3 cm³/mol. The third-order valence-electron chi connectivity index (χ3n) is 3.12. The summed E-state index contributed by atoms with van der Waals surface area (Å²) in [7, 11) is 4.01. The fraction of sp³-hybridized carbons (Fsp3) is 0.400. The van der Waals surface area contributed by atoms with E-state index in [1.54, 1.807) is 10.6 Å². The fourth-order valence-corrected chi connectivity index (χ4v) is 2.06. The minimum Gasteiger partial charge on any atom is -0.492 e. The van der Waals surface area contributed by atoms with Gasteiger partial charge < -0.3 is 19.9 Å². The molecule has 0 spiro atoms. The molecule has 0 saturated carbocycles. The van der Waals surface area contributed by atoms with Crippen molar-refractivity contribution in [2.45, 2.75) is 6.54 Å². The first kappa shape index (κ1) is 14.6. The van der Waals surface area contributed by atoms with E-state index in [-0.39, 0.29) is 5.56 Å². The number of benzene rings is 1. The van der Waals surface area contributed by atoms with Crippen LogP contribution in [-0.2, 0) is 6.54 Å². The number of hydrogen-bond acceptors (Lipinski definition) is 4. The van der Waals surface area contributed by atoms with Crippen LogP contribution in [-0.4, -0.2) is 43.3 Å². The van der Waals surface area contributed by atoms with Crippen LogP contribution in [0.4, 0.5) is 0 Å². The molecule has 0 atom stereocenters. The molecule has 20 heavy (non-hydrogen) atoms. The first-order valence-corrected chi connectivity index (χ1v) is 6.73. The lowest BCUT2D eigenvalue weighted by atomic mass is 10.2. The van der Waals surface area contributed by atoms with E-state index in [1.807, 2.05) is 38.4 Å². The summed E-state index contributed by atoms with van der Waals surface area (Å²) < 4.78 is 7.40. The number of nitrogens with two attached hydrogens (primary N) is 1. The molecule has 0 bridgehead atoms. The van der Waals surface area contributed by atoms with E-state index in [0.29, 0.717) is 19.7 Å².